The number of aryl methyl sites for hydroxylation is 1. The molecule has 1 unspecified atom stereocenters. The average Bonchev–Trinajstić information content (AvgIpc) is 2.89. The van der Waals surface area contributed by atoms with Gasteiger partial charge in [0.2, 0.25) is 5.95 Å². The van der Waals surface area contributed by atoms with Gasteiger partial charge in [0, 0.05) is 36.0 Å². The highest BCUT2D eigenvalue weighted by Crippen LogP contribution is 2.26. The number of pyridine rings is 2. The molecule has 0 radical (unpaired) electrons. The molecule has 0 aliphatic heterocycles. The summed E-state index contributed by atoms with van der Waals surface area (Å²) in [5.41, 5.74) is 5.92. The summed E-state index contributed by atoms with van der Waals surface area (Å²) in [5, 5.41) is 6.26. The van der Waals surface area contributed by atoms with Crippen molar-refractivity contribution in [3.05, 3.63) is 83.7 Å². The number of carbonyl (C=O) groups is 1. The Balaban J connectivity index is 1.43. The molecule has 0 bridgehead atoms. The van der Waals surface area contributed by atoms with Crippen molar-refractivity contribution in [1.82, 2.24) is 30.2 Å². The minimum Gasteiger partial charge on any atom is -0.326 e. The summed E-state index contributed by atoms with van der Waals surface area (Å²) < 4.78 is 0. The van der Waals surface area contributed by atoms with Gasteiger partial charge in [-0.15, -0.1) is 0 Å². The van der Waals surface area contributed by atoms with E-state index in [1.807, 2.05) is 31.2 Å². The summed E-state index contributed by atoms with van der Waals surface area (Å²) in [5.74, 6) is 0.781. The third-order valence-corrected chi connectivity index (χ3v) is 6.31. The highest BCUT2D eigenvalue weighted by atomic mass is 16.1. The van der Waals surface area contributed by atoms with Crippen LogP contribution in [-0.2, 0) is 0 Å². The lowest BCUT2D eigenvalue weighted by Gasteiger charge is -2.22. The van der Waals surface area contributed by atoms with Gasteiger partial charge in [-0.3, -0.25) is 14.8 Å². The Kier molecular flexibility index (Phi) is 8.17. The zero-order valence-electron chi connectivity index (χ0n) is 21.3. The first-order valence-corrected chi connectivity index (χ1v) is 12.2. The predicted octanol–water partition coefficient (Wildman–Crippen LogP) is 4.91. The first-order valence-electron chi connectivity index (χ1n) is 12.2. The molecule has 36 heavy (non-hydrogen) atoms. The highest BCUT2D eigenvalue weighted by molar-refractivity contribution is 5.96. The lowest BCUT2D eigenvalue weighted by atomic mass is 9.90. The molecule has 3 aromatic rings. The van der Waals surface area contributed by atoms with Crippen LogP contribution in [0.25, 0.3) is 11.3 Å². The summed E-state index contributed by atoms with van der Waals surface area (Å²) in [7, 11) is 4.20. The average molecular weight is 484 g/mol. The van der Waals surface area contributed by atoms with Gasteiger partial charge in [0.1, 0.15) is 0 Å². The van der Waals surface area contributed by atoms with Crippen molar-refractivity contribution in [3.8, 4) is 11.3 Å². The van der Waals surface area contributed by atoms with E-state index in [-0.39, 0.29) is 5.91 Å². The van der Waals surface area contributed by atoms with Crippen molar-refractivity contribution in [3.63, 3.8) is 0 Å². The molecule has 0 saturated heterocycles. The van der Waals surface area contributed by atoms with Crippen LogP contribution in [0.2, 0.25) is 0 Å². The van der Waals surface area contributed by atoms with Crippen LogP contribution < -0.4 is 10.6 Å². The fourth-order valence-electron chi connectivity index (χ4n) is 4.02. The maximum Gasteiger partial charge on any atom is 0.257 e. The Morgan fingerprint density at radius 1 is 1.11 bits per heavy atom. The fourth-order valence-corrected chi connectivity index (χ4v) is 4.02. The van der Waals surface area contributed by atoms with Gasteiger partial charge in [0.05, 0.1) is 22.6 Å². The van der Waals surface area contributed by atoms with Gasteiger partial charge in [0.15, 0.2) is 0 Å². The number of allylic oxidation sites excluding steroid dienone is 4. The SMILES string of the molecule is Cc1ncc(C(=O)NC2=CC=C(C(C)CCN(C)C)CC2)cc1Nc1nccc(-c2cccnc2)n1. The maximum absolute atomic E-state index is 13.0. The van der Waals surface area contributed by atoms with E-state index in [9.17, 15) is 4.79 Å². The largest absolute Gasteiger partial charge is 0.326 e. The van der Waals surface area contributed by atoms with E-state index >= 15 is 0 Å². The van der Waals surface area contributed by atoms with E-state index < -0.39 is 0 Å². The minimum absolute atomic E-state index is 0.181. The monoisotopic (exact) mass is 483 g/mol. The normalized spacial score (nSPS) is 14.1. The van der Waals surface area contributed by atoms with E-state index in [1.54, 1.807) is 30.9 Å². The van der Waals surface area contributed by atoms with Crippen molar-refractivity contribution in [2.45, 2.75) is 33.1 Å². The smallest absolute Gasteiger partial charge is 0.257 e. The Labute approximate surface area is 212 Å². The molecular weight excluding hydrogens is 450 g/mol. The first-order chi connectivity index (χ1) is 17.4. The van der Waals surface area contributed by atoms with Crippen LogP contribution in [0.3, 0.4) is 0 Å². The lowest BCUT2D eigenvalue weighted by molar-refractivity contribution is 0.0964. The number of hydrogen-bond donors (Lipinski definition) is 2. The van der Waals surface area contributed by atoms with Crippen molar-refractivity contribution in [1.29, 1.82) is 0 Å². The van der Waals surface area contributed by atoms with Crippen molar-refractivity contribution >= 4 is 17.5 Å². The molecule has 3 heterocycles. The second-order valence-electron chi connectivity index (χ2n) is 9.37. The van der Waals surface area contributed by atoms with Crippen LogP contribution in [0, 0.1) is 12.8 Å². The zero-order valence-corrected chi connectivity index (χ0v) is 21.3. The van der Waals surface area contributed by atoms with Gasteiger partial charge < -0.3 is 15.5 Å². The lowest BCUT2D eigenvalue weighted by Crippen LogP contribution is -2.24. The van der Waals surface area contributed by atoms with Crippen LogP contribution in [0.1, 0.15) is 42.2 Å². The number of aromatic nitrogens is 4. The number of anilines is 2. The Hall–Kier alpha value is -3.91. The Bertz CT molecular complexity index is 1270. The maximum atomic E-state index is 13.0. The van der Waals surface area contributed by atoms with E-state index in [0.717, 1.165) is 48.5 Å². The van der Waals surface area contributed by atoms with Crippen LogP contribution in [0.5, 0.6) is 0 Å². The molecule has 1 aliphatic rings. The number of rotatable bonds is 9. The Morgan fingerprint density at radius 2 is 1.97 bits per heavy atom. The summed E-state index contributed by atoms with van der Waals surface area (Å²) >= 11 is 0. The molecule has 186 valence electrons. The number of carbonyl (C=O) groups excluding carboxylic acids is 1. The Morgan fingerprint density at radius 3 is 2.69 bits per heavy atom. The number of nitrogens with one attached hydrogen (secondary N) is 2. The summed E-state index contributed by atoms with van der Waals surface area (Å²) in [6, 6.07) is 7.42. The second-order valence-corrected chi connectivity index (χ2v) is 9.37. The third-order valence-electron chi connectivity index (χ3n) is 6.31. The standard InChI is InChI=1S/C28H33N7O/c1-19(12-15-35(3)4)21-7-9-24(10-8-21)32-27(36)23-16-26(20(2)31-18-23)34-28-30-14-11-25(33-28)22-6-5-13-29-17-22/h5-7,9,11,13-14,16-19H,8,10,12,15H2,1-4H3,(H,32,36)(H,30,33,34). The molecule has 1 aliphatic carbocycles. The summed E-state index contributed by atoms with van der Waals surface area (Å²) in [6.07, 6.45) is 13.9. The van der Waals surface area contributed by atoms with Gasteiger partial charge >= 0.3 is 0 Å². The molecule has 0 aromatic carbocycles. The number of amides is 1. The molecule has 8 heteroatoms. The first kappa shape index (κ1) is 25.2. The molecule has 1 amide bonds. The van der Waals surface area contributed by atoms with Crippen LogP contribution in [-0.4, -0.2) is 51.4 Å². The fraction of sp³-hybridized carbons (Fsp3) is 0.321. The van der Waals surface area contributed by atoms with Crippen molar-refractivity contribution < 1.29 is 4.79 Å². The van der Waals surface area contributed by atoms with Crippen LogP contribution in [0.15, 0.2) is 72.5 Å². The van der Waals surface area contributed by atoms with Gasteiger partial charge in [-0.1, -0.05) is 18.6 Å². The van der Waals surface area contributed by atoms with Crippen LogP contribution in [0.4, 0.5) is 11.6 Å². The number of nitrogens with zero attached hydrogens (tertiary/aromatic N) is 5. The molecule has 2 N–H and O–H groups in total. The molecule has 8 nitrogen and oxygen atoms in total. The molecular formula is C28H33N7O. The highest BCUT2D eigenvalue weighted by Gasteiger charge is 2.16. The van der Waals surface area contributed by atoms with Crippen LogP contribution >= 0.6 is 0 Å². The molecule has 1 atom stereocenters. The van der Waals surface area contributed by atoms with E-state index in [2.05, 4.69) is 62.6 Å². The number of hydrogen-bond acceptors (Lipinski definition) is 7. The van der Waals surface area contributed by atoms with Crippen molar-refractivity contribution in [2.75, 3.05) is 26.0 Å². The van der Waals surface area contributed by atoms with Gasteiger partial charge in [-0.25, -0.2) is 9.97 Å². The topological polar surface area (TPSA) is 95.9 Å². The predicted molar refractivity (Wildman–Crippen MR) is 143 cm³/mol. The molecule has 3 aromatic heterocycles. The van der Waals surface area contributed by atoms with Crippen molar-refractivity contribution in [2.24, 2.45) is 5.92 Å². The van der Waals surface area contributed by atoms with Gasteiger partial charge in [-0.2, -0.15) is 0 Å². The quantitative estimate of drug-likeness (QED) is 0.446. The molecule has 0 fully saturated rings. The third kappa shape index (κ3) is 6.60. The molecule has 4 rings (SSSR count). The molecule has 0 saturated carbocycles. The minimum atomic E-state index is -0.181. The summed E-state index contributed by atoms with van der Waals surface area (Å²) in [4.78, 5) is 32.7. The van der Waals surface area contributed by atoms with E-state index in [4.69, 9.17) is 0 Å². The van der Waals surface area contributed by atoms with Gasteiger partial charge in [0.25, 0.3) is 5.91 Å². The second kappa shape index (κ2) is 11.7. The molecule has 0 spiro atoms. The zero-order chi connectivity index (χ0) is 25.5. The van der Waals surface area contributed by atoms with E-state index in [1.165, 1.54) is 5.57 Å². The van der Waals surface area contributed by atoms with Gasteiger partial charge in [-0.05, 0) is 83.1 Å². The van der Waals surface area contributed by atoms with E-state index in [0.29, 0.717) is 23.1 Å². The summed E-state index contributed by atoms with van der Waals surface area (Å²) in [6.45, 7) is 5.22.